The highest BCUT2D eigenvalue weighted by Gasteiger charge is 2.36. The van der Waals surface area contributed by atoms with Crippen LogP contribution in [0.5, 0.6) is 0 Å². The van der Waals surface area contributed by atoms with Crippen LogP contribution in [0.25, 0.3) is 10.9 Å². The van der Waals surface area contributed by atoms with Crippen LogP contribution in [0.2, 0.25) is 0 Å². The molecule has 1 fully saturated rings. The number of rotatable bonds is 19. The molecule has 0 radical (unpaired) electrons. The summed E-state index contributed by atoms with van der Waals surface area (Å²) < 4.78 is 0. The van der Waals surface area contributed by atoms with Gasteiger partial charge in [-0.3, -0.25) is 52.9 Å². The Bertz CT molecular complexity index is 2820. The second-order valence-corrected chi connectivity index (χ2v) is 20.7. The Morgan fingerprint density at radius 3 is 1.96 bits per heavy atom. The summed E-state index contributed by atoms with van der Waals surface area (Å²) in [6.45, 7) is 6.41. The normalized spacial score (nSPS) is 20.2. The third-order valence-electron chi connectivity index (χ3n) is 13.5. The first-order chi connectivity index (χ1) is 38.7. The van der Waals surface area contributed by atoms with Crippen molar-refractivity contribution >= 4 is 75.9 Å². The van der Waals surface area contributed by atoms with Crippen LogP contribution in [0.3, 0.4) is 0 Å². The lowest BCUT2D eigenvalue weighted by Crippen LogP contribution is -2.61. The lowest BCUT2D eigenvalue weighted by atomic mass is 9.98. The maximum Gasteiger partial charge on any atom is 0.243 e. The van der Waals surface area contributed by atoms with Crippen molar-refractivity contribution < 1.29 is 47.9 Å². The van der Waals surface area contributed by atoms with E-state index in [4.69, 9.17) is 17.2 Å². The van der Waals surface area contributed by atoms with Crippen molar-refractivity contribution in [3.05, 3.63) is 90.1 Å². The van der Waals surface area contributed by atoms with Crippen LogP contribution in [-0.2, 0) is 67.2 Å². The minimum Gasteiger partial charge on any atom is -0.370 e. The molecule has 26 nitrogen and oxygen atoms in total. The van der Waals surface area contributed by atoms with Crippen molar-refractivity contribution in [2.45, 2.75) is 141 Å². The number of amides is 10. The molecule has 17 N–H and O–H groups in total. The van der Waals surface area contributed by atoms with Gasteiger partial charge in [-0.2, -0.15) is 0 Å². The number of aromatic amines is 2. The number of primary amides is 1. The number of aromatic nitrogens is 3. The van der Waals surface area contributed by atoms with Crippen molar-refractivity contribution in [2.24, 2.45) is 34.0 Å². The number of para-hydroxylation sites is 1. The van der Waals surface area contributed by atoms with Gasteiger partial charge in [-0.1, -0.05) is 82.6 Å². The molecule has 0 aliphatic carbocycles. The number of carbonyl (C=O) groups excluding carboxylic acids is 10. The summed E-state index contributed by atoms with van der Waals surface area (Å²) in [4.78, 5) is 153. The number of fused-ring (bicyclic) bond motifs is 1. The van der Waals surface area contributed by atoms with Crippen LogP contribution in [-0.4, -0.2) is 142 Å². The number of H-pyrrole nitrogens is 2. The third kappa shape index (κ3) is 20.7. The Morgan fingerprint density at radius 2 is 1.30 bits per heavy atom. The molecule has 4 aromatic rings. The highest BCUT2D eigenvalue weighted by atomic mass is 16.2. The first-order valence-electron chi connectivity index (χ1n) is 27.2. The first-order valence-corrected chi connectivity index (χ1v) is 27.2. The molecular formula is C55H78N16O10. The van der Waals surface area contributed by atoms with Crippen molar-refractivity contribution in [3.63, 3.8) is 0 Å². The third-order valence-corrected chi connectivity index (χ3v) is 13.5. The number of imidazole rings is 1. The van der Waals surface area contributed by atoms with E-state index in [1.807, 2.05) is 18.2 Å². The maximum atomic E-state index is 15.0. The van der Waals surface area contributed by atoms with E-state index >= 15 is 0 Å². The van der Waals surface area contributed by atoms with Gasteiger partial charge < -0.3 is 75.0 Å². The molecule has 2 aromatic heterocycles. The zero-order valence-corrected chi connectivity index (χ0v) is 46.2. The Kier molecular flexibility index (Phi) is 24.6. The Labute approximate surface area is 469 Å². The Balaban J connectivity index is 1.53. The highest BCUT2D eigenvalue weighted by Crippen LogP contribution is 2.20. The van der Waals surface area contributed by atoms with Crippen molar-refractivity contribution in [1.82, 2.24) is 62.8 Å². The largest absolute Gasteiger partial charge is 0.370 e. The van der Waals surface area contributed by atoms with E-state index in [-0.39, 0.29) is 70.4 Å². The summed E-state index contributed by atoms with van der Waals surface area (Å²) >= 11 is 0. The minimum absolute atomic E-state index is 0.00521. The van der Waals surface area contributed by atoms with E-state index < -0.39 is 120 Å². The van der Waals surface area contributed by atoms with Crippen LogP contribution in [0.1, 0.15) is 95.9 Å². The van der Waals surface area contributed by atoms with Gasteiger partial charge >= 0.3 is 0 Å². The standard InChI is InChI=1S/C55H78N16O10/c1-31(2)46(53(80)63-29-43(56)72)71-54(81)47(32(3)4)70-49(76)39-20-21-44(73)60-22-12-6-9-19-45(74)65-42(26-35-28-59-30-64-35)52(79)68-40(24-33-14-7-5-8-15-33)50(77)66-38(18-13-23-61-55(57)58)48(75)69-41(51(78)67-39)25-34-27-62-37-17-11-10-16-36(34)37/h5,7-8,10-11,14-17,27-28,30-32,38-42,46-47,62H,6,9,12-13,18-26,29H2,1-4H3,(H2,56,72)(H,59,64)(H,60,73)(H,63,80)(H,65,74)(H,66,77)(H,67,78)(H,68,79)(H,69,75)(H,70,76)(H,71,81)(H4,57,58,61)/t38-,39-,40+,41-,42-,46-,47-/m0/s1. The fourth-order valence-electron chi connectivity index (χ4n) is 9.04. The van der Waals surface area contributed by atoms with Gasteiger partial charge in [-0.25, -0.2) is 4.98 Å². The average molecular weight is 1120 g/mol. The fraction of sp³-hybridized carbons (Fsp3) is 0.491. The van der Waals surface area contributed by atoms with Gasteiger partial charge in [0.2, 0.25) is 59.1 Å². The van der Waals surface area contributed by atoms with Crippen LogP contribution < -0.4 is 65.1 Å². The van der Waals surface area contributed by atoms with Gasteiger partial charge in [-0.15, -0.1) is 0 Å². The molecular weight excluding hydrogens is 1040 g/mol. The minimum atomic E-state index is -1.50. The molecule has 0 bridgehead atoms. The number of hydrogen-bond acceptors (Lipinski definition) is 12. The number of nitrogens with two attached hydrogens (primary N) is 3. The van der Waals surface area contributed by atoms with E-state index in [0.717, 1.165) is 5.52 Å². The molecule has 81 heavy (non-hydrogen) atoms. The number of benzene rings is 2. The summed E-state index contributed by atoms with van der Waals surface area (Å²) in [7, 11) is 0. The highest BCUT2D eigenvalue weighted by molar-refractivity contribution is 5.99. The Hall–Kier alpha value is -8.84. The van der Waals surface area contributed by atoms with Gasteiger partial charge in [-0.05, 0) is 61.1 Å². The zero-order chi connectivity index (χ0) is 59.0. The lowest BCUT2D eigenvalue weighted by Gasteiger charge is -2.29. The van der Waals surface area contributed by atoms with Crippen LogP contribution in [0.4, 0.5) is 0 Å². The number of nitrogens with zero attached hydrogens (tertiary/aromatic N) is 2. The van der Waals surface area contributed by atoms with Crippen LogP contribution in [0, 0.1) is 11.8 Å². The number of aliphatic imine (C=N–C) groups is 1. The van der Waals surface area contributed by atoms with E-state index in [1.54, 1.807) is 70.3 Å². The van der Waals surface area contributed by atoms with E-state index in [1.165, 1.54) is 12.5 Å². The van der Waals surface area contributed by atoms with Crippen LogP contribution >= 0.6 is 0 Å². The first kappa shape index (κ1) is 63.0. The number of carbonyl (C=O) groups is 10. The smallest absolute Gasteiger partial charge is 0.243 e. The summed E-state index contributed by atoms with van der Waals surface area (Å²) in [6.07, 6.45) is 5.28. The monoisotopic (exact) mass is 1120 g/mol. The molecule has 7 atom stereocenters. The Morgan fingerprint density at radius 1 is 0.667 bits per heavy atom. The van der Waals surface area contributed by atoms with E-state index in [9.17, 15) is 47.9 Å². The van der Waals surface area contributed by atoms with Crippen molar-refractivity contribution in [1.29, 1.82) is 0 Å². The van der Waals surface area contributed by atoms with Gasteiger partial charge in [0.15, 0.2) is 5.96 Å². The quantitative estimate of drug-likeness (QED) is 0.0297. The number of guanidine groups is 1. The molecule has 5 rings (SSSR count). The summed E-state index contributed by atoms with van der Waals surface area (Å²) in [5.74, 6) is -8.49. The molecule has 1 aliphatic rings. The molecule has 1 saturated heterocycles. The molecule has 26 heteroatoms. The second kappa shape index (κ2) is 31.7. The van der Waals surface area contributed by atoms with E-state index in [2.05, 4.69) is 67.8 Å². The zero-order valence-electron chi connectivity index (χ0n) is 46.2. The summed E-state index contributed by atoms with van der Waals surface area (Å²) in [5, 5.41) is 25.2. The van der Waals surface area contributed by atoms with Crippen molar-refractivity contribution in [2.75, 3.05) is 19.6 Å². The maximum absolute atomic E-state index is 15.0. The molecule has 438 valence electrons. The number of hydrogen-bond donors (Lipinski definition) is 14. The molecule has 2 aromatic carbocycles. The second-order valence-electron chi connectivity index (χ2n) is 20.7. The lowest BCUT2D eigenvalue weighted by molar-refractivity contribution is -0.136. The van der Waals surface area contributed by atoms with E-state index in [0.29, 0.717) is 41.5 Å². The molecule has 0 spiro atoms. The van der Waals surface area contributed by atoms with Crippen molar-refractivity contribution in [3.8, 4) is 0 Å². The molecule has 1 aliphatic heterocycles. The predicted octanol–water partition coefficient (Wildman–Crippen LogP) is -1.25. The molecule has 3 heterocycles. The summed E-state index contributed by atoms with van der Waals surface area (Å²) in [5.41, 5.74) is 19.0. The number of nitrogens with one attached hydrogen (secondary N) is 11. The van der Waals surface area contributed by atoms with Gasteiger partial charge in [0.1, 0.15) is 42.3 Å². The average Bonchev–Trinajstić information content (AvgIpc) is 4.17. The van der Waals surface area contributed by atoms with Gasteiger partial charge in [0.25, 0.3) is 0 Å². The fourth-order valence-corrected chi connectivity index (χ4v) is 9.04. The van der Waals surface area contributed by atoms with Gasteiger partial charge in [0.05, 0.1) is 12.9 Å². The topological polar surface area (TPSA) is 414 Å². The predicted molar refractivity (Wildman–Crippen MR) is 300 cm³/mol. The van der Waals surface area contributed by atoms with Crippen LogP contribution in [0.15, 0.2) is 78.3 Å². The van der Waals surface area contributed by atoms with Gasteiger partial charge in [0, 0.05) is 74.2 Å². The molecule has 10 amide bonds. The molecule has 0 saturated carbocycles. The summed E-state index contributed by atoms with van der Waals surface area (Å²) in [6, 6.07) is 6.80. The molecule has 0 unspecified atom stereocenters. The SMILES string of the molecule is CC(C)[C@H](NC(=O)[C@@H]1CCC(=O)NCCCCCC(=O)N[C@@H](Cc2cnc[nH]2)C(=O)N[C@H](Cc2ccccc2)C(=O)N[C@@H](CCCN=C(N)N)C(=O)N[C@@H](Cc2c[nH]c3ccccc23)C(=O)N1)C(=O)N[C@H](C(=O)NCC(N)=O)C(C)C.